The maximum absolute atomic E-state index is 5.32. The number of halogens is 1. The van der Waals surface area contributed by atoms with E-state index >= 15 is 0 Å². The molecule has 0 aromatic heterocycles. The highest BCUT2D eigenvalue weighted by Crippen LogP contribution is 2.23. The van der Waals surface area contributed by atoms with Crippen molar-refractivity contribution in [2.45, 2.75) is 33.2 Å². The van der Waals surface area contributed by atoms with Crippen molar-refractivity contribution >= 4 is 15.9 Å². The summed E-state index contributed by atoms with van der Waals surface area (Å²) in [6, 6.07) is 9.01. The zero-order valence-corrected chi connectivity index (χ0v) is 14.0. The number of nitrogens with one attached hydrogen (secondary N) is 1. The molecule has 1 rings (SSSR count). The molecule has 0 saturated carbocycles. The van der Waals surface area contributed by atoms with Gasteiger partial charge in [-0.25, -0.2) is 0 Å². The van der Waals surface area contributed by atoms with Crippen LogP contribution in [0.1, 0.15) is 26.3 Å². The van der Waals surface area contributed by atoms with Gasteiger partial charge >= 0.3 is 0 Å². The van der Waals surface area contributed by atoms with Gasteiger partial charge in [0.05, 0.1) is 0 Å². The Labute approximate surface area is 126 Å². The zero-order chi connectivity index (χ0) is 14.3. The number of hydrogen-bond acceptors (Lipinski definition) is 2. The molecule has 2 unspecified atom stereocenters. The second-order valence-corrected chi connectivity index (χ2v) is 6.41. The van der Waals surface area contributed by atoms with Crippen LogP contribution >= 0.6 is 15.9 Å². The summed E-state index contributed by atoms with van der Waals surface area (Å²) >= 11 is 3.64. The monoisotopic (exact) mass is 327 g/mol. The standard InChI is InChI=1S/C16H26BrNO/c1-12(2)18-10-15(13(3)11-19-4)9-14-7-5-6-8-16(14)17/h5-8,12-13,15,18H,9-11H2,1-4H3. The maximum atomic E-state index is 5.32. The lowest BCUT2D eigenvalue weighted by Crippen LogP contribution is -2.34. The Morgan fingerprint density at radius 3 is 2.47 bits per heavy atom. The van der Waals surface area contributed by atoms with Crippen LogP contribution < -0.4 is 5.32 Å². The summed E-state index contributed by atoms with van der Waals surface area (Å²) in [6.07, 6.45) is 1.08. The van der Waals surface area contributed by atoms with Gasteiger partial charge in [0.2, 0.25) is 0 Å². The molecule has 2 nitrogen and oxygen atoms in total. The Balaban J connectivity index is 2.70. The van der Waals surface area contributed by atoms with E-state index in [2.05, 4.69) is 66.3 Å². The molecule has 3 heteroatoms. The minimum absolute atomic E-state index is 0.524. The van der Waals surface area contributed by atoms with Crippen molar-refractivity contribution in [1.29, 1.82) is 0 Å². The Morgan fingerprint density at radius 1 is 1.21 bits per heavy atom. The van der Waals surface area contributed by atoms with Crippen LogP contribution in [-0.4, -0.2) is 26.3 Å². The molecule has 1 aromatic carbocycles. The third-order valence-corrected chi connectivity index (χ3v) is 4.24. The number of ether oxygens (including phenoxy) is 1. The van der Waals surface area contributed by atoms with Crippen LogP contribution in [0.15, 0.2) is 28.7 Å². The third-order valence-electron chi connectivity index (χ3n) is 3.46. The molecular formula is C16H26BrNO. The predicted octanol–water partition coefficient (Wildman–Crippen LogP) is 3.89. The Morgan fingerprint density at radius 2 is 1.89 bits per heavy atom. The van der Waals surface area contributed by atoms with Gasteiger partial charge in [-0.1, -0.05) is 54.9 Å². The Hall–Kier alpha value is -0.380. The number of rotatable bonds is 8. The van der Waals surface area contributed by atoms with Gasteiger partial charge in [0.1, 0.15) is 0 Å². The normalized spacial score (nSPS) is 14.6. The summed E-state index contributed by atoms with van der Waals surface area (Å²) < 4.78 is 6.52. The van der Waals surface area contributed by atoms with E-state index in [1.807, 2.05) is 0 Å². The summed E-state index contributed by atoms with van der Waals surface area (Å²) in [7, 11) is 1.78. The second-order valence-electron chi connectivity index (χ2n) is 5.55. The highest BCUT2D eigenvalue weighted by molar-refractivity contribution is 9.10. The molecule has 2 atom stereocenters. The zero-order valence-electron chi connectivity index (χ0n) is 12.4. The highest BCUT2D eigenvalue weighted by atomic mass is 79.9. The van der Waals surface area contributed by atoms with Crippen LogP contribution in [0, 0.1) is 11.8 Å². The van der Waals surface area contributed by atoms with Gasteiger partial charge in [0.25, 0.3) is 0 Å². The Kier molecular flexibility index (Phi) is 7.66. The van der Waals surface area contributed by atoms with Crippen LogP contribution in [-0.2, 0) is 11.2 Å². The van der Waals surface area contributed by atoms with Crippen molar-refractivity contribution in [2.75, 3.05) is 20.3 Å². The fraction of sp³-hybridized carbons (Fsp3) is 0.625. The molecule has 0 spiro atoms. The van der Waals surface area contributed by atoms with Gasteiger partial charge in [-0.3, -0.25) is 0 Å². The molecule has 0 aliphatic heterocycles. The van der Waals surface area contributed by atoms with Crippen molar-refractivity contribution in [2.24, 2.45) is 11.8 Å². The van der Waals surface area contributed by atoms with Crippen LogP contribution in [0.2, 0.25) is 0 Å². The summed E-state index contributed by atoms with van der Waals surface area (Å²) in [4.78, 5) is 0. The van der Waals surface area contributed by atoms with E-state index in [-0.39, 0.29) is 0 Å². The average Bonchev–Trinajstić information content (AvgIpc) is 2.36. The van der Waals surface area contributed by atoms with Crippen LogP contribution in [0.4, 0.5) is 0 Å². The van der Waals surface area contributed by atoms with E-state index in [0.717, 1.165) is 19.6 Å². The quantitative estimate of drug-likeness (QED) is 0.782. The smallest absolute Gasteiger partial charge is 0.0491 e. The van der Waals surface area contributed by atoms with Gasteiger partial charge < -0.3 is 10.1 Å². The minimum atomic E-state index is 0.524. The second kappa shape index (κ2) is 8.72. The van der Waals surface area contributed by atoms with Crippen molar-refractivity contribution in [3.05, 3.63) is 34.3 Å². The van der Waals surface area contributed by atoms with Gasteiger partial charge in [-0.15, -0.1) is 0 Å². The van der Waals surface area contributed by atoms with Crippen molar-refractivity contribution in [3.63, 3.8) is 0 Å². The van der Waals surface area contributed by atoms with Crippen molar-refractivity contribution < 1.29 is 4.74 Å². The van der Waals surface area contributed by atoms with E-state index in [1.54, 1.807) is 7.11 Å². The van der Waals surface area contributed by atoms with E-state index in [1.165, 1.54) is 10.0 Å². The predicted molar refractivity (Wildman–Crippen MR) is 85.5 cm³/mol. The lowest BCUT2D eigenvalue weighted by molar-refractivity contribution is 0.127. The van der Waals surface area contributed by atoms with Crippen LogP contribution in [0.5, 0.6) is 0 Å². The van der Waals surface area contributed by atoms with Crippen molar-refractivity contribution in [3.8, 4) is 0 Å². The van der Waals surface area contributed by atoms with Crippen LogP contribution in [0.25, 0.3) is 0 Å². The Bertz CT molecular complexity index is 368. The van der Waals surface area contributed by atoms with E-state index in [0.29, 0.717) is 17.9 Å². The molecule has 0 radical (unpaired) electrons. The summed E-state index contributed by atoms with van der Waals surface area (Å²) in [5.41, 5.74) is 1.38. The first kappa shape index (κ1) is 16.7. The fourth-order valence-electron chi connectivity index (χ4n) is 2.21. The van der Waals surface area contributed by atoms with Gasteiger partial charge in [0, 0.05) is 24.2 Å². The average molecular weight is 328 g/mol. The van der Waals surface area contributed by atoms with E-state index in [9.17, 15) is 0 Å². The summed E-state index contributed by atoms with van der Waals surface area (Å²) in [5, 5.41) is 3.55. The number of hydrogen-bond donors (Lipinski definition) is 1. The molecule has 19 heavy (non-hydrogen) atoms. The third kappa shape index (κ3) is 6.07. The molecule has 0 amide bonds. The fourth-order valence-corrected chi connectivity index (χ4v) is 2.65. The first-order valence-corrected chi connectivity index (χ1v) is 7.79. The first-order chi connectivity index (χ1) is 9.04. The number of methoxy groups -OCH3 is 1. The summed E-state index contributed by atoms with van der Waals surface area (Å²) in [6.45, 7) is 8.50. The van der Waals surface area contributed by atoms with Crippen molar-refractivity contribution in [1.82, 2.24) is 5.32 Å². The molecule has 1 N–H and O–H groups in total. The highest BCUT2D eigenvalue weighted by Gasteiger charge is 2.19. The summed E-state index contributed by atoms with van der Waals surface area (Å²) in [5.74, 6) is 1.13. The van der Waals surface area contributed by atoms with Gasteiger partial charge in [-0.05, 0) is 36.4 Å². The SMILES string of the molecule is COCC(C)C(CNC(C)C)Cc1ccccc1Br. The molecule has 0 bridgehead atoms. The molecular weight excluding hydrogens is 302 g/mol. The lowest BCUT2D eigenvalue weighted by atomic mass is 9.88. The molecule has 0 saturated heterocycles. The molecule has 0 fully saturated rings. The molecule has 0 aliphatic rings. The molecule has 0 aliphatic carbocycles. The van der Waals surface area contributed by atoms with Gasteiger partial charge in [0.15, 0.2) is 0 Å². The molecule has 1 aromatic rings. The van der Waals surface area contributed by atoms with Crippen LogP contribution in [0.3, 0.4) is 0 Å². The molecule has 0 heterocycles. The number of benzene rings is 1. The van der Waals surface area contributed by atoms with E-state index in [4.69, 9.17) is 4.74 Å². The topological polar surface area (TPSA) is 21.3 Å². The molecule has 108 valence electrons. The minimum Gasteiger partial charge on any atom is -0.384 e. The lowest BCUT2D eigenvalue weighted by Gasteiger charge is -2.25. The van der Waals surface area contributed by atoms with Gasteiger partial charge in [-0.2, -0.15) is 0 Å². The largest absolute Gasteiger partial charge is 0.384 e. The maximum Gasteiger partial charge on any atom is 0.0491 e. The van der Waals surface area contributed by atoms with E-state index < -0.39 is 0 Å². The first-order valence-electron chi connectivity index (χ1n) is 7.00.